The summed E-state index contributed by atoms with van der Waals surface area (Å²) in [6.45, 7) is 2.31. The molecule has 106 valence electrons. The second-order valence-electron chi connectivity index (χ2n) is 5.14. The first-order valence-electron chi connectivity index (χ1n) is 5.42. The number of halogens is 2. The summed E-state index contributed by atoms with van der Waals surface area (Å²) in [5.41, 5.74) is 0. The van der Waals surface area contributed by atoms with Gasteiger partial charge in [-0.2, -0.15) is 0 Å². The van der Waals surface area contributed by atoms with Crippen LogP contribution in [0.1, 0.15) is 12.8 Å². The van der Waals surface area contributed by atoms with E-state index in [9.17, 15) is 4.79 Å². The van der Waals surface area contributed by atoms with Gasteiger partial charge in [-0.15, -0.1) is 12.4 Å². The lowest BCUT2D eigenvalue weighted by atomic mass is 10.3. The summed E-state index contributed by atoms with van der Waals surface area (Å²) in [6, 6.07) is 0. The first kappa shape index (κ1) is 22.2. The molecule has 0 unspecified atom stereocenters. The monoisotopic (exact) mass is 288 g/mol. The first-order chi connectivity index (χ1) is 6.81. The maximum atomic E-state index is 11.3. The summed E-state index contributed by atoms with van der Waals surface area (Å²) < 4.78 is 5.95. The molecule has 0 saturated carbocycles. The fraction of sp³-hybridized carbons (Fsp3) is 0.909. The molecule has 0 aliphatic carbocycles. The summed E-state index contributed by atoms with van der Waals surface area (Å²) in [5, 5.41) is 0. The predicted octanol–water partition coefficient (Wildman–Crippen LogP) is -2.00. The van der Waals surface area contributed by atoms with Gasteiger partial charge in [0, 0.05) is 6.42 Å². The second-order valence-corrected chi connectivity index (χ2v) is 5.14. The zero-order valence-electron chi connectivity index (χ0n) is 11.5. The number of likely N-dealkylation sites (N-methyl/N-ethyl adjacent to an activating group) is 1. The van der Waals surface area contributed by atoms with E-state index in [1.54, 1.807) is 0 Å². The van der Waals surface area contributed by atoms with E-state index in [0.29, 0.717) is 13.0 Å². The SMILES string of the molecule is CN(C)CCCC(=O)OCC[N+](C)(C)C.Cl.[Cl-]. The van der Waals surface area contributed by atoms with Crippen LogP contribution in [0.4, 0.5) is 0 Å². The fourth-order valence-corrected chi connectivity index (χ4v) is 1.05. The molecule has 0 atom stereocenters. The van der Waals surface area contributed by atoms with Crippen molar-refractivity contribution < 1.29 is 26.4 Å². The zero-order chi connectivity index (χ0) is 11.9. The van der Waals surface area contributed by atoms with Crippen molar-refractivity contribution in [1.29, 1.82) is 0 Å². The van der Waals surface area contributed by atoms with Gasteiger partial charge in [-0.25, -0.2) is 0 Å². The van der Waals surface area contributed by atoms with Gasteiger partial charge in [0.1, 0.15) is 13.2 Å². The van der Waals surface area contributed by atoms with Crippen LogP contribution in [0.3, 0.4) is 0 Å². The number of carbonyl (C=O) groups is 1. The van der Waals surface area contributed by atoms with Gasteiger partial charge in [0.15, 0.2) is 0 Å². The summed E-state index contributed by atoms with van der Waals surface area (Å²) >= 11 is 0. The van der Waals surface area contributed by atoms with E-state index in [-0.39, 0.29) is 30.8 Å². The number of nitrogens with zero attached hydrogens (tertiary/aromatic N) is 2. The Morgan fingerprint density at radius 1 is 1.24 bits per heavy atom. The standard InChI is InChI=1S/C11H25N2O2.2ClH/c1-12(2)8-6-7-11(14)15-10-9-13(3,4)5;;/h6-10H2,1-5H3;2*1H/q+1;;/p-1. The average Bonchev–Trinajstić information content (AvgIpc) is 2.00. The van der Waals surface area contributed by atoms with Crippen LogP contribution in [-0.4, -0.2) is 70.3 Å². The van der Waals surface area contributed by atoms with Crippen molar-refractivity contribution in [2.45, 2.75) is 12.8 Å². The second kappa shape index (κ2) is 11.1. The molecular weight excluding hydrogens is 263 g/mol. The van der Waals surface area contributed by atoms with Gasteiger partial charge in [-0.1, -0.05) is 0 Å². The molecule has 17 heavy (non-hydrogen) atoms. The minimum absolute atomic E-state index is 0. The van der Waals surface area contributed by atoms with E-state index < -0.39 is 0 Å². The minimum atomic E-state index is -0.0784. The van der Waals surface area contributed by atoms with E-state index in [1.165, 1.54) is 0 Å². The van der Waals surface area contributed by atoms with E-state index in [2.05, 4.69) is 26.0 Å². The van der Waals surface area contributed by atoms with Gasteiger partial charge in [0.2, 0.25) is 0 Å². The molecule has 0 aromatic carbocycles. The molecule has 0 fully saturated rings. The average molecular weight is 289 g/mol. The Labute approximate surface area is 118 Å². The fourth-order valence-electron chi connectivity index (χ4n) is 1.05. The zero-order valence-corrected chi connectivity index (χ0v) is 13.1. The molecule has 0 saturated heterocycles. The predicted molar refractivity (Wildman–Crippen MR) is 68.9 cm³/mol. The van der Waals surface area contributed by atoms with E-state index in [1.807, 2.05) is 14.1 Å². The Bertz CT molecular complexity index is 194. The molecule has 0 aliphatic heterocycles. The largest absolute Gasteiger partial charge is 1.00 e. The molecular formula is C11H26Cl2N2O2. The molecule has 4 nitrogen and oxygen atoms in total. The molecule has 0 rings (SSSR count). The van der Waals surface area contributed by atoms with Gasteiger partial charge < -0.3 is 26.5 Å². The summed E-state index contributed by atoms with van der Waals surface area (Å²) in [6.07, 6.45) is 1.39. The molecule has 0 amide bonds. The number of rotatable bonds is 7. The van der Waals surface area contributed by atoms with Crippen LogP contribution in [0.5, 0.6) is 0 Å². The smallest absolute Gasteiger partial charge is 0.306 e. The first-order valence-corrected chi connectivity index (χ1v) is 5.42. The molecule has 0 aliphatic rings. The number of carbonyl (C=O) groups excluding carboxylic acids is 1. The highest BCUT2D eigenvalue weighted by Crippen LogP contribution is 1.96. The molecule has 0 N–H and O–H groups in total. The molecule has 0 bridgehead atoms. The third kappa shape index (κ3) is 18.5. The topological polar surface area (TPSA) is 29.5 Å². The lowest BCUT2D eigenvalue weighted by Gasteiger charge is -2.23. The van der Waals surface area contributed by atoms with Gasteiger partial charge in [-0.05, 0) is 27.1 Å². The molecule has 6 heteroatoms. The maximum Gasteiger partial charge on any atom is 0.306 e. The van der Waals surface area contributed by atoms with Crippen LogP contribution in [0.25, 0.3) is 0 Å². The van der Waals surface area contributed by atoms with Crippen LogP contribution in [0, 0.1) is 0 Å². The Morgan fingerprint density at radius 3 is 2.18 bits per heavy atom. The Kier molecular flexibility index (Phi) is 14.5. The third-order valence-corrected chi connectivity index (χ3v) is 2.01. The van der Waals surface area contributed by atoms with Gasteiger partial charge in [0.05, 0.1) is 21.1 Å². The molecule has 0 heterocycles. The van der Waals surface area contributed by atoms with Gasteiger partial charge in [-0.3, -0.25) is 4.79 Å². The Morgan fingerprint density at radius 2 is 1.76 bits per heavy atom. The van der Waals surface area contributed by atoms with E-state index >= 15 is 0 Å². The quantitative estimate of drug-likeness (QED) is 0.401. The lowest BCUT2D eigenvalue weighted by molar-refractivity contribution is -0.870. The van der Waals surface area contributed by atoms with Crippen LogP contribution >= 0.6 is 12.4 Å². The summed E-state index contributed by atoms with van der Waals surface area (Å²) in [4.78, 5) is 13.3. The summed E-state index contributed by atoms with van der Waals surface area (Å²) in [5.74, 6) is -0.0784. The summed E-state index contributed by atoms with van der Waals surface area (Å²) in [7, 11) is 10.3. The Balaban J connectivity index is -0.000000980. The number of ether oxygens (including phenoxy) is 1. The Hall–Kier alpha value is -0.0300. The van der Waals surface area contributed by atoms with Crippen molar-refractivity contribution in [1.82, 2.24) is 4.90 Å². The normalized spacial score (nSPS) is 10.5. The molecule has 0 aromatic heterocycles. The van der Waals surface area contributed by atoms with E-state index in [4.69, 9.17) is 4.74 Å². The number of quaternary nitrogens is 1. The van der Waals surface area contributed by atoms with E-state index in [0.717, 1.165) is 24.0 Å². The van der Waals surface area contributed by atoms with Crippen molar-refractivity contribution in [3.63, 3.8) is 0 Å². The van der Waals surface area contributed by atoms with Crippen LogP contribution in [0.15, 0.2) is 0 Å². The lowest BCUT2D eigenvalue weighted by Crippen LogP contribution is -3.00. The number of hydrogen-bond acceptors (Lipinski definition) is 3. The number of esters is 1. The maximum absolute atomic E-state index is 11.3. The van der Waals surface area contributed by atoms with Gasteiger partial charge >= 0.3 is 5.97 Å². The van der Waals surface area contributed by atoms with Crippen molar-refractivity contribution in [3.8, 4) is 0 Å². The van der Waals surface area contributed by atoms with Crippen molar-refractivity contribution in [2.24, 2.45) is 0 Å². The number of hydrogen-bond donors (Lipinski definition) is 0. The van der Waals surface area contributed by atoms with Crippen LogP contribution in [-0.2, 0) is 9.53 Å². The molecule has 0 spiro atoms. The van der Waals surface area contributed by atoms with Crippen molar-refractivity contribution in [2.75, 3.05) is 54.9 Å². The third-order valence-electron chi connectivity index (χ3n) is 2.01. The van der Waals surface area contributed by atoms with Crippen molar-refractivity contribution >= 4 is 18.4 Å². The highest BCUT2D eigenvalue weighted by Gasteiger charge is 2.09. The highest BCUT2D eigenvalue weighted by molar-refractivity contribution is 5.85. The highest BCUT2D eigenvalue weighted by atomic mass is 35.5. The van der Waals surface area contributed by atoms with Crippen LogP contribution in [0.2, 0.25) is 0 Å². The van der Waals surface area contributed by atoms with Crippen LogP contribution < -0.4 is 12.4 Å². The molecule has 0 aromatic rings. The van der Waals surface area contributed by atoms with Crippen molar-refractivity contribution in [3.05, 3.63) is 0 Å². The van der Waals surface area contributed by atoms with Gasteiger partial charge in [0.25, 0.3) is 0 Å². The minimum Gasteiger partial charge on any atom is -1.00 e. The molecule has 0 radical (unpaired) electrons.